The van der Waals surface area contributed by atoms with Crippen molar-refractivity contribution in [2.45, 2.75) is 76.0 Å². The predicted octanol–water partition coefficient (Wildman–Crippen LogP) is 3.80. The van der Waals surface area contributed by atoms with Crippen molar-refractivity contribution in [3.8, 4) is 5.75 Å². The molecule has 6 heteroatoms. The highest BCUT2D eigenvalue weighted by Crippen LogP contribution is 2.72. The van der Waals surface area contributed by atoms with Crippen LogP contribution in [0.4, 0.5) is 5.69 Å². The minimum Gasteiger partial charge on any atom is -0.483 e. The molecule has 8 rings (SSSR count). The van der Waals surface area contributed by atoms with Crippen LogP contribution in [0.3, 0.4) is 0 Å². The summed E-state index contributed by atoms with van der Waals surface area (Å²) in [6.45, 7) is 12.8. The maximum absolute atomic E-state index is 14.1. The third-order valence-corrected chi connectivity index (χ3v) is 11.0. The van der Waals surface area contributed by atoms with Crippen molar-refractivity contribution >= 4 is 23.6 Å². The van der Waals surface area contributed by atoms with Crippen molar-refractivity contribution in [1.82, 2.24) is 9.80 Å². The first-order valence-corrected chi connectivity index (χ1v) is 12.8. The van der Waals surface area contributed by atoms with Gasteiger partial charge in [-0.05, 0) is 80.7 Å². The number of rotatable bonds is 0. The number of carbonyl (C=O) groups excluding carboxylic acids is 2. The van der Waals surface area contributed by atoms with E-state index >= 15 is 0 Å². The normalized spacial score (nSPS) is 42.4. The zero-order valence-electron chi connectivity index (χ0n) is 21.1. The van der Waals surface area contributed by atoms with E-state index in [1.807, 2.05) is 27.0 Å². The first kappa shape index (κ1) is 21.0. The number of likely N-dealkylation sites (N-methyl/N-ethyl adjacent to an activating group) is 1. The van der Waals surface area contributed by atoms with E-state index in [0.717, 1.165) is 48.5 Å². The van der Waals surface area contributed by atoms with Crippen LogP contribution in [-0.2, 0) is 15.0 Å². The van der Waals surface area contributed by atoms with E-state index in [1.165, 1.54) is 0 Å². The van der Waals surface area contributed by atoms with Gasteiger partial charge in [0.15, 0.2) is 0 Å². The van der Waals surface area contributed by atoms with E-state index in [0.29, 0.717) is 12.3 Å². The molecule has 1 saturated carbocycles. The Hall–Kier alpha value is -2.34. The minimum atomic E-state index is -0.675. The quantitative estimate of drug-likeness (QED) is 0.638. The van der Waals surface area contributed by atoms with Crippen molar-refractivity contribution < 1.29 is 14.3 Å². The molecule has 7 aliphatic rings. The molecule has 6 aliphatic heterocycles. The molecule has 5 atom stereocenters. The van der Waals surface area contributed by atoms with Gasteiger partial charge >= 0.3 is 0 Å². The summed E-state index contributed by atoms with van der Waals surface area (Å²) in [4.78, 5) is 32.5. The summed E-state index contributed by atoms with van der Waals surface area (Å²) < 4.78 is 6.22. The lowest BCUT2D eigenvalue weighted by atomic mass is 9.56. The average molecular weight is 462 g/mol. The predicted molar refractivity (Wildman–Crippen MR) is 131 cm³/mol. The second-order valence-electron chi connectivity index (χ2n) is 13.0. The largest absolute Gasteiger partial charge is 0.483 e. The summed E-state index contributed by atoms with van der Waals surface area (Å²) in [6, 6.07) is 4.16. The lowest BCUT2D eigenvalue weighted by Gasteiger charge is -2.65. The van der Waals surface area contributed by atoms with E-state index in [9.17, 15) is 9.59 Å². The number of nitrogens with zero attached hydrogens (tertiary/aromatic N) is 2. The molecule has 2 bridgehead atoms. The first-order valence-electron chi connectivity index (χ1n) is 12.8. The van der Waals surface area contributed by atoms with Gasteiger partial charge in [0.05, 0.1) is 16.6 Å². The summed E-state index contributed by atoms with van der Waals surface area (Å²) in [5, 5.41) is 3.30. The van der Waals surface area contributed by atoms with Crippen LogP contribution in [0, 0.1) is 17.3 Å². The molecule has 2 unspecified atom stereocenters. The first-order chi connectivity index (χ1) is 15.9. The number of fused-ring (bicyclic) bond motifs is 5. The number of nitrogens with one attached hydrogen (secondary N) is 1. The number of carbonyl (C=O) groups is 2. The Morgan fingerprint density at radius 2 is 1.91 bits per heavy atom. The molecule has 3 spiro atoms. The average Bonchev–Trinajstić information content (AvgIpc) is 3.32. The van der Waals surface area contributed by atoms with Crippen molar-refractivity contribution in [1.29, 1.82) is 0 Å². The minimum absolute atomic E-state index is 0.0814. The zero-order chi connectivity index (χ0) is 24.1. The summed E-state index contributed by atoms with van der Waals surface area (Å²) in [5.74, 6) is 1.78. The second-order valence-corrected chi connectivity index (χ2v) is 13.0. The van der Waals surface area contributed by atoms with Crippen LogP contribution in [0.2, 0.25) is 0 Å². The van der Waals surface area contributed by atoms with E-state index in [-0.39, 0.29) is 34.3 Å². The number of anilines is 1. The Morgan fingerprint density at radius 3 is 2.68 bits per heavy atom. The lowest BCUT2D eigenvalue weighted by molar-refractivity contribution is -0.189. The standard InChI is InChI=1S/C28H35N3O3/c1-16-10-12-31-15-26-14-27(25(4,5)20(26)13-28(16,31)23(33)30(26)6)18-7-8-19-17(21(18)29-22(27)32)9-11-24(2,3)34-19/h7-9,11,16,20H,10,12-15H2,1-6H3,(H,29,32)/t16-,20?,26+,27?,28+/m0/s1. The van der Waals surface area contributed by atoms with Crippen LogP contribution in [0.1, 0.15) is 65.0 Å². The second kappa shape index (κ2) is 5.72. The summed E-state index contributed by atoms with van der Waals surface area (Å²) in [7, 11) is 2.01. The Bertz CT molecular complexity index is 1220. The van der Waals surface area contributed by atoms with Crippen LogP contribution in [0.15, 0.2) is 18.2 Å². The topological polar surface area (TPSA) is 61.9 Å². The molecular formula is C28H35N3O3. The molecule has 4 saturated heterocycles. The molecule has 6 nitrogen and oxygen atoms in total. The molecule has 1 aliphatic carbocycles. The van der Waals surface area contributed by atoms with Crippen molar-refractivity contribution in [3.63, 3.8) is 0 Å². The number of hydrogen-bond acceptors (Lipinski definition) is 4. The van der Waals surface area contributed by atoms with E-state index < -0.39 is 11.0 Å². The number of benzene rings is 1. The Kier molecular flexibility index (Phi) is 3.53. The molecule has 0 aromatic heterocycles. The molecule has 2 amide bonds. The van der Waals surface area contributed by atoms with Crippen LogP contribution in [0.25, 0.3) is 6.08 Å². The van der Waals surface area contributed by atoms with Gasteiger partial charge in [0.2, 0.25) is 11.8 Å². The third kappa shape index (κ3) is 1.95. The molecule has 34 heavy (non-hydrogen) atoms. The highest BCUT2D eigenvalue weighted by molar-refractivity contribution is 6.10. The smallest absolute Gasteiger partial charge is 0.243 e. The van der Waals surface area contributed by atoms with Crippen molar-refractivity contribution in [2.75, 3.05) is 25.5 Å². The number of ether oxygens (including phenoxy) is 1. The fourth-order valence-corrected chi connectivity index (χ4v) is 9.17. The number of piperazine rings is 1. The van der Waals surface area contributed by atoms with Crippen LogP contribution in [-0.4, -0.2) is 58.4 Å². The van der Waals surface area contributed by atoms with Gasteiger partial charge in [-0.2, -0.15) is 0 Å². The summed E-state index contributed by atoms with van der Waals surface area (Å²) in [5.41, 5.74) is 0.867. The molecule has 5 fully saturated rings. The SMILES string of the molecule is C[C@H]1CCN2C[C@]34CC5(C(=O)Nc6c5ccc5c6C=CC(C)(C)O5)C(C)(C)C3C[C@]12C(=O)N4C. The van der Waals surface area contributed by atoms with Crippen LogP contribution in [0.5, 0.6) is 5.75 Å². The highest BCUT2D eigenvalue weighted by Gasteiger charge is 2.80. The van der Waals surface area contributed by atoms with Gasteiger partial charge < -0.3 is 15.0 Å². The van der Waals surface area contributed by atoms with Crippen LogP contribution < -0.4 is 10.1 Å². The van der Waals surface area contributed by atoms with E-state index in [1.54, 1.807) is 0 Å². The van der Waals surface area contributed by atoms with Crippen LogP contribution >= 0.6 is 0 Å². The highest BCUT2D eigenvalue weighted by atomic mass is 16.5. The Morgan fingerprint density at radius 1 is 1.15 bits per heavy atom. The Labute approximate surface area is 201 Å². The van der Waals surface area contributed by atoms with Crippen molar-refractivity contribution in [3.05, 3.63) is 29.3 Å². The maximum atomic E-state index is 14.1. The van der Waals surface area contributed by atoms with Gasteiger partial charge in [-0.3, -0.25) is 14.5 Å². The molecule has 1 aromatic carbocycles. The number of amides is 2. The van der Waals surface area contributed by atoms with E-state index in [2.05, 4.69) is 54.1 Å². The zero-order valence-corrected chi connectivity index (χ0v) is 21.1. The molecule has 1 N–H and O–H groups in total. The van der Waals surface area contributed by atoms with Gasteiger partial charge in [-0.15, -0.1) is 0 Å². The Balaban J connectivity index is 1.43. The molecule has 180 valence electrons. The van der Waals surface area contributed by atoms with Crippen molar-refractivity contribution in [2.24, 2.45) is 17.3 Å². The third-order valence-electron chi connectivity index (χ3n) is 11.0. The fraction of sp³-hybridized carbons (Fsp3) is 0.643. The number of piperidine rings is 2. The molecule has 1 aromatic rings. The van der Waals surface area contributed by atoms with Gasteiger partial charge in [-0.25, -0.2) is 0 Å². The van der Waals surface area contributed by atoms with Gasteiger partial charge in [0.1, 0.15) is 16.9 Å². The molecular weight excluding hydrogens is 426 g/mol. The summed E-state index contributed by atoms with van der Waals surface area (Å²) in [6.07, 6.45) is 6.77. The monoisotopic (exact) mass is 461 g/mol. The van der Waals surface area contributed by atoms with Gasteiger partial charge in [0, 0.05) is 19.2 Å². The number of hydrogen-bond donors (Lipinski definition) is 1. The van der Waals surface area contributed by atoms with Gasteiger partial charge in [0.25, 0.3) is 0 Å². The van der Waals surface area contributed by atoms with E-state index in [4.69, 9.17) is 4.74 Å². The lowest BCUT2D eigenvalue weighted by Crippen LogP contribution is -2.79. The maximum Gasteiger partial charge on any atom is 0.243 e. The molecule has 6 heterocycles. The fourth-order valence-electron chi connectivity index (χ4n) is 9.17. The summed E-state index contributed by atoms with van der Waals surface area (Å²) >= 11 is 0. The van der Waals surface area contributed by atoms with Gasteiger partial charge in [-0.1, -0.05) is 26.8 Å². The molecule has 0 radical (unpaired) electrons.